The van der Waals surface area contributed by atoms with E-state index in [0.717, 1.165) is 24.3 Å². The standard InChI is InChI=1S/C36H35N7O21S6.4Na/c37-26-8-7-24-25(33(26)41-39-27-9-6-23(18-30(27)68(55,56)57)66(50,51)16-13-64-70(61,62)63)19-31(69(58,59)60)34(35(24)45)42-40-28-17-22(5-10-29(28)67(52,53)54)38-32(44)4-2-14-65(48,49)15-12-43-11-1-3-21(20-43)36(46)47;;;;/h1,3,5-11,17-20H,2,4,12-16H2,(H8-,37,38,39,40,44,45,46,47,52,53,54,55,56,57,58,59,60,61,62,63);;;;/q;4*+1/p-4. The number of fused-ring (bicyclic) bond motifs is 1. The second-order valence-corrected chi connectivity index (χ2v) is 23.7. The fraction of sp³-hybridized carbons (Fsp3) is 0.194. The van der Waals surface area contributed by atoms with Gasteiger partial charge in [-0.05, 0) is 67.1 Å². The Kier molecular flexibility index (Phi) is 26.2. The summed E-state index contributed by atoms with van der Waals surface area (Å²) in [6, 6.07) is 9.31. The number of amides is 1. The Morgan fingerprint density at radius 1 is 0.662 bits per heavy atom. The molecule has 4 aromatic carbocycles. The van der Waals surface area contributed by atoms with Crippen LogP contribution < -0.4 is 139 Å². The first-order valence-corrected chi connectivity index (χ1v) is 27.9. The number of aromatic hydroxyl groups is 1. The van der Waals surface area contributed by atoms with Crippen LogP contribution in [0.15, 0.2) is 119 Å². The molecule has 1 heterocycles. The molecule has 0 bridgehead atoms. The van der Waals surface area contributed by atoms with Gasteiger partial charge in [0.25, 0.3) is 0 Å². The van der Waals surface area contributed by atoms with Gasteiger partial charge < -0.3 is 44.3 Å². The van der Waals surface area contributed by atoms with Crippen LogP contribution in [0.4, 0.5) is 34.1 Å². The zero-order valence-corrected chi connectivity index (χ0v) is 51.7. The number of nitrogens with zero attached hydrogens (tertiary/aromatic N) is 5. The number of hydrogen-bond donors (Lipinski definition) is 3. The summed E-state index contributed by atoms with van der Waals surface area (Å²) in [5, 5.41) is 38.2. The maximum Gasteiger partial charge on any atom is 1.00 e. The summed E-state index contributed by atoms with van der Waals surface area (Å²) < 4.78 is 199. The summed E-state index contributed by atoms with van der Waals surface area (Å²) in [6.45, 7) is -1.30. The number of anilines is 2. The molecule has 0 radical (unpaired) electrons. The number of carboxylic acid groups (broad SMARTS) is 1. The van der Waals surface area contributed by atoms with E-state index in [2.05, 4.69) is 30.0 Å². The number of phenols is 1. The molecule has 5 rings (SSSR count). The molecule has 0 aliphatic heterocycles. The van der Waals surface area contributed by atoms with Crippen molar-refractivity contribution in [3.8, 4) is 5.75 Å². The van der Waals surface area contributed by atoms with Crippen molar-refractivity contribution >= 4 is 117 Å². The zero-order chi connectivity index (χ0) is 52.2. The van der Waals surface area contributed by atoms with Gasteiger partial charge in [-0.3, -0.25) is 8.98 Å². The SMILES string of the molecule is Nc1ccc2c(O)c(N=Nc3cc(NC(=O)CCCS(=O)(=O)CC[n+]4cccc(C(=O)[O-])c4)ccc3S(=O)(=O)[O-])c(S(=O)(=O)[O-])cc2c1N=Nc1ccc(S(=O)(=O)CCOS(=O)(=O)[O-])cc1S(=O)(=O)[O-].[Na+].[Na+].[Na+].[Na+]. The maximum absolute atomic E-state index is 12.8. The molecule has 0 atom stereocenters. The number of aryl methyl sites for hydroxylation is 1. The van der Waals surface area contributed by atoms with E-state index in [1.165, 1.54) is 29.1 Å². The number of rotatable bonds is 21. The number of aromatic nitrogens is 1. The Hall–Kier alpha value is -2.47. The van der Waals surface area contributed by atoms with Crippen LogP contribution in [0, 0.1) is 0 Å². The quantitative estimate of drug-likeness (QED) is 0.0153. The molecule has 38 heteroatoms. The average molecular weight is 1180 g/mol. The monoisotopic (exact) mass is 1180 g/mol. The van der Waals surface area contributed by atoms with Gasteiger partial charge in [-0.2, -0.15) is 0 Å². The first-order valence-electron chi connectivity index (χ1n) is 18.9. The summed E-state index contributed by atoms with van der Waals surface area (Å²) >= 11 is 0. The van der Waals surface area contributed by atoms with Gasteiger partial charge in [0.1, 0.15) is 58.9 Å². The molecule has 5 aromatic rings. The number of carbonyl (C=O) groups excluding carboxylic acids is 2. The summed E-state index contributed by atoms with van der Waals surface area (Å²) in [5.74, 6) is -5.54. The van der Waals surface area contributed by atoms with Crippen LogP contribution >= 0.6 is 0 Å². The maximum atomic E-state index is 12.8. The van der Waals surface area contributed by atoms with Gasteiger partial charge in [-0.1, -0.05) is 0 Å². The molecule has 0 spiro atoms. The van der Waals surface area contributed by atoms with Crippen molar-refractivity contribution < 1.29 is 215 Å². The molecule has 0 aliphatic rings. The molecular formula is C36H31N7Na4O21S6. The van der Waals surface area contributed by atoms with Crippen molar-refractivity contribution in [3.63, 3.8) is 0 Å². The number of benzene rings is 4. The number of phenolic OH excluding ortho intramolecular Hbond substituents is 1. The molecule has 1 aromatic heterocycles. The number of nitrogens with one attached hydrogen (secondary N) is 1. The fourth-order valence-electron chi connectivity index (χ4n) is 6.05. The summed E-state index contributed by atoms with van der Waals surface area (Å²) in [5.41, 5.74) is 1.69. The van der Waals surface area contributed by atoms with E-state index >= 15 is 0 Å². The van der Waals surface area contributed by atoms with Crippen molar-refractivity contribution in [1.29, 1.82) is 0 Å². The Morgan fingerprint density at radius 3 is 1.86 bits per heavy atom. The third kappa shape index (κ3) is 19.5. The smallest absolute Gasteiger partial charge is 0.744 e. The van der Waals surface area contributed by atoms with E-state index in [1.54, 1.807) is 0 Å². The molecule has 1 amide bonds. The van der Waals surface area contributed by atoms with Gasteiger partial charge in [-0.15, -0.1) is 20.5 Å². The second-order valence-electron chi connectivity index (χ2n) is 14.2. The minimum Gasteiger partial charge on any atom is -0.744 e. The van der Waals surface area contributed by atoms with Crippen LogP contribution in [0.1, 0.15) is 23.2 Å². The van der Waals surface area contributed by atoms with Crippen LogP contribution in [0.25, 0.3) is 10.8 Å². The first kappa shape index (κ1) is 69.5. The minimum absolute atomic E-state index is 0. The predicted molar refractivity (Wildman–Crippen MR) is 230 cm³/mol. The van der Waals surface area contributed by atoms with Crippen LogP contribution in [0.5, 0.6) is 5.75 Å². The Balaban J connectivity index is 0.00000684. The number of nitrogen functional groups attached to an aromatic ring is 1. The van der Waals surface area contributed by atoms with Crippen molar-refractivity contribution in [3.05, 3.63) is 84.7 Å². The predicted octanol–water partition coefficient (Wildman–Crippen LogP) is -11.6. The molecule has 4 N–H and O–H groups in total. The number of carbonyl (C=O) groups is 2. The van der Waals surface area contributed by atoms with Gasteiger partial charge in [0.15, 0.2) is 44.4 Å². The third-order valence-corrected chi connectivity index (χ3v) is 15.7. The van der Waals surface area contributed by atoms with E-state index in [-0.39, 0.29) is 142 Å². The van der Waals surface area contributed by atoms with E-state index in [4.69, 9.17) is 5.73 Å². The molecular weight excluding hydrogens is 1150 g/mol. The number of azo groups is 2. The number of aromatic carboxylic acids is 1. The molecule has 74 heavy (non-hydrogen) atoms. The summed E-state index contributed by atoms with van der Waals surface area (Å²) in [6.07, 6.45) is 1.98. The Bertz CT molecular complexity index is 3720. The van der Waals surface area contributed by atoms with Gasteiger partial charge in [0.05, 0.1) is 54.9 Å². The normalized spacial score (nSPS) is 12.3. The fourth-order valence-corrected chi connectivity index (χ4v) is 10.8. The van der Waals surface area contributed by atoms with Crippen LogP contribution in [0.3, 0.4) is 0 Å². The molecule has 28 nitrogen and oxygen atoms in total. The summed E-state index contributed by atoms with van der Waals surface area (Å²) in [4.78, 5) is 19.2. The molecule has 0 saturated carbocycles. The zero-order valence-electron chi connectivity index (χ0n) is 38.8. The average Bonchev–Trinajstić information content (AvgIpc) is 3.23. The molecule has 376 valence electrons. The summed E-state index contributed by atoms with van der Waals surface area (Å²) in [7, 11) is -30.5. The van der Waals surface area contributed by atoms with E-state index in [0.29, 0.717) is 30.3 Å². The van der Waals surface area contributed by atoms with Crippen LogP contribution in [0.2, 0.25) is 0 Å². The van der Waals surface area contributed by atoms with E-state index in [1.807, 2.05) is 0 Å². The molecule has 0 unspecified atom stereocenters. The molecule has 0 aliphatic carbocycles. The van der Waals surface area contributed by atoms with Gasteiger partial charge in [0.2, 0.25) is 16.3 Å². The largest absolute Gasteiger partial charge is 1.00 e. The second kappa shape index (κ2) is 27.9. The third-order valence-electron chi connectivity index (χ3n) is 9.29. The Labute approximate surface area is 510 Å². The van der Waals surface area contributed by atoms with Crippen molar-refractivity contribution in [1.82, 2.24) is 0 Å². The van der Waals surface area contributed by atoms with Gasteiger partial charge in [0, 0.05) is 28.9 Å². The van der Waals surface area contributed by atoms with E-state index < -0.39 is 167 Å². The van der Waals surface area contributed by atoms with Crippen molar-refractivity contribution in [2.24, 2.45) is 20.5 Å². The Morgan fingerprint density at radius 2 is 1.27 bits per heavy atom. The number of carboxylic acids is 1. The topological polar surface area (TPSA) is 475 Å². The van der Waals surface area contributed by atoms with Crippen molar-refractivity contribution in [2.75, 3.05) is 34.9 Å². The van der Waals surface area contributed by atoms with Gasteiger partial charge >= 0.3 is 118 Å². The molecule has 0 saturated heterocycles. The number of sulfone groups is 2. The van der Waals surface area contributed by atoms with E-state index in [9.17, 15) is 88.5 Å². The van der Waals surface area contributed by atoms with Crippen LogP contribution in [-0.4, -0.2) is 110 Å². The van der Waals surface area contributed by atoms with Gasteiger partial charge in [-0.25, -0.2) is 55.1 Å². The number of nitrogens with two attached hydrogens (primary N) is 1. The molecule has 0 fully saturated rings. The van der Waals surface area contributed by atoms with Crippen molar-refractivity contribution in [2.45, 2.75) is 39.0 Å². The number of hydrogen-bond acceptors (Lipinski definition) is 26. The first-order chi connectivity index (χ1) is 32.3. The minimum atomic E-state index is -5.73. The van der Waals surface area contributed by atoms with Crippen LogP contribution in [-0.2, 0) is 76.0 Å². The number of pyridine rings is 1.